The molecule has 82 valence electrons. The monoisotopic (exact) mass is 274 g/mol. The number of pyridine rings is 1. The van der Waals surface area contributed by atoms with Crippen LogP contribution >= 0.6 is 0 Å². The molecule has 0 spiro atoms. The molecule has 0 atom stereocenters. The van der Waals surface area contributed by atoms with Crippen molar-refractivity contribution in [2.75, 3.05) is 0 Å². The number of rotatable bonds is 4. The second-order valence-electron chi connectivity index (χ2n) is 2.76. The number of hydrogen-bond acceptors (Lipinski definition) is 3. The van der Waals surface area contributed by atoms with Gasteiger partial charge in [-0.2, -0.15) is 0 Å². The first-order valence-corrected chi connectivity index (χ1v) is 4.10. The fourth-order valence-corrected chi connectivity index (χ4v) is 0.995. The molecule has 6 heteroatoms. The van der Waals surface area contributed by atoms with Crippen LogP contribution in [0.5, 0.6) is 0 Å². The Hall–Kier alpha value is -1.43. The van der Waals surface area contributed by atoms with Gasteiger partial charge in [0.2, 0.25) is 0 Å². The summed E-state index contributed by atoms with van der Waals surface area (Å²) in [4.78, 5) is 10.3. The molecule has 0 bridgehead atoms. The number of carboxylic acids is 1. The van der Waals surface area contributed by atoms with E-state index in [2.05, 4.69) is 5.16 Å². The van der Waals surface area contributed by atoms with Gasteiger partial charge in [0, 0.05) is 17.7 Å². The Bertz CT molecular complexity index is 338. The molecule has 0 unspecified atom stereocenters. The lowest BCUT2D eigenvalue weighted by Crippen LogP contribution is -3.00. The number of oxime groups is 1. The van der Waals surface area contributed by atoms with E-state index >= 15 is 0 Å². The topological polar surface area (TPSA) is 73.8 Å². The minimum atomic E-state index is -0.821. The van der Waals surface area contributed by atoms with Gasteiger partial charge in [-0.05, 0) is 0 Å². The van der Waals surface area contributed by atoms with E-state index in [0.717, 1.165) is 5.56 Å². The summed E-state index contributed by atoms with van der Waals surface area (Å²) < 4.78 is 1.75. The summed E-state index contributed by atoms with van der Waals surface area (Å²) in [5.41, 5.74) is 0.763. The molecule has 0 saturated heterocycles. The number of aliphatic carboxylic acids is 1. The summed E-state index contributed by atoms with van der Waals surface area (Å²) in [7, 11) is 0. The van der Waals surface area contributed by atoms with Gasteiger partial charge in [0.25, 0.3) is 0 Å². The van der Waals surface area contributed by atoms with E-state index in [9.17, 15) is 4.79 Å². The van der Waals surface area contributed by atoms with Crippen molar-refractivity contribution >= 4 is 12.2 Å². The van der Waals surface area contributed by atoms with Crippen molar-refractivity contribution in [2.24, 2.45) is 5.16 Å². The lowest BCUT2D eigenvalue weighted by atomic mass is 10.3. The summed E-state index contributed by atoms with van der Waals surface area (Å²) in [6, 6.07) is 3.48. The Morgan fingerprint density at radius 1 is 1.47 bits per heavy atom. The van der Waals surface area contributed by atoms with Crippen LogP contribution in [0.4, 0.5) is 0 Å². The largest absolute Gasteiger partial charge is 1.00 e. The van der Waals surface area contributed by atoms with Crippen LogP contribution in [0, 0.1) is 0 Å². The number of carbonyl (C=O) groups is 1. The van der Waals surface area contributed by atoms with E-state index in [1.165, 1.54) is 6.21 Å². The molecular formula is C9H11BrN2O3. The number of aryl methyl sites for hydroxylation is 1. The summed E-state index contributed by atoms with van der Waals surface area (Å²) in [6.07, 6.45) is 4.87. The fourth-order valence-electron chi connectivity index (χ4n) is 0.995. The molecule has 0 aliphatic heterocycles. The minimum Gasteiger partial charge on any atom is -1.00 e. The van der Waals surface area contributed by atoms with E-state index in [-0.39, 0.29) is 23.4 Å². The number of hydrogen-bond donors (Lipinski definition) is 2. The molecule has 0 radical (unpaired) electrons. The second kappa shape index (κ2) is 6.94. The molecule has 0 aromatic carbocycles. The van der Waals surface area contributed by atoms with Gasteiger partial charge in [0.05, 0.1) is 6.21 Å². The van der Waals surface area contributed by atoms with E-state index in [1.807, 2.05) is 0 Å². The lowest BCUT2D eigenvalue weighted by Gasteiger charge is -1.94. The average molecular weight is 275 g/mol. The first-order chi connectivity index (χ1) is 6.72. The van der Waals surface area contributed by atoms with Crippen molar-refractivity contribution in [3.8, 4) is 0 Å². The number of nitrogens with zero attached hydrogens (tertiary/aromatic N) is 2. The molecule has 0 saturated carbocycles. The standard InChI is InChI=1S/C9H10N2O3.BrH/c12-9(13)3-6-11-4-1-8(2-5-11)7-10-14;/h1-2,4-5,7H,3,6H2,(H,12,13);1H. The van der Waals surface area contributed by atoms with E-state index < -0.39 is 5.97 Å². The number of halogens is 1. The van der Waals surface area contributed by atoms with E-state index in [0.29, 0.717) is 6.54 Å². The Kier molecular flexibility index (Phi) is 6.28. The highest BCUT2D eigenvalue weighted by Crippen LogP contribution is 1.90. The molecule has 1 heterocycles. The average Bonchev–Trinajstić information content (AvgIpc) is 2.17. The SMILES string of the molecule is O=C(O)CC[n+]1ccc(/C=N/O)cc1.[Br-]. The highest BCUT2D eigenvalue weighted by molar-refractivity contribution is 5.78. The molecule has 15 heavy (non-hydrogen) atoms. The molecule has 5 nitrogen and oxygen atoms in total. The Morgan fingerprint density at radius 3 is 2.53 bits per heavy atom. The van der Waals surface area contributed by atoms with Gasteiger partial charge in [-0.15, -0.1) is 0 Å². The smallest absolute Gasteiger partial charge is 0.309 e. The van der Waals surface area contributed by atoms with Crippen LogP contribution in [-0.2, 0) is 11.3 Å². The predicted octanol–water partition coefficient (Wildman–Crippen LogP) is -2.74. The van der Waals surface area contributed by atoms with Gasteiger partial charge in [0.1, 0.15) is 6.42 Å². The van der Waals surface area contributed by atoms with E-state index in [1.54, 1.807) is 29.1 Å². The van der Waals surface area contributed by atoms with Crippen LogP contribution in [0.2, 0.25) is 0 Å². The summed E-state index contributed by atoms with van der Waals surface area (Å²) in [6.45, 7) is 0.436. The summed E-state index contributed by atoms with van der Waals surface area (Å²) in [5.74, 6) is -0.821. The zero-order valence-corrected chi connectivity index (χ0v) is 9.46. The molecule has 0 fully saturated rings. The zero-order chi connectivity index (χ0) is 10.4. The van der Waals surface area contributed by atoms with Crippen LogP contribution in [0.15, 0.2) is 29.7 Å². The molecular weight excluding hydrogens is 264 g/mol. The third-order valence-corrected chi connectivity index (χ3v) is 1.71. The van der Waals surface area contributed by atoms with Crippen molar-refractivity contribution < 1.29 is 36.7 Å². The van der Waals surface area contributed by atoms with Crippen molar-refractivity contribution in [2.45, 2.75) is 13.0 Å². The van der Waals surface area contributed by atoms with Crippen molar-refractivity contribution in [1.82, 2.24) is 0 Å². The maximum absolute atomic E-state index is 10.3. The number of aromatic nitrogens is 1. The van der Waals surface area contributed by atoms with Crippen LogP contribution < -0.4 is 21.5 Å². The predicted molar refractivity (Wildman–Crippen MR) is 48.3 cm³/mol. The fraction of sp³-hybridized carbons (Fsp3) is 0.222. The summed E-state index contributed by atoms with van der Waals surface area (Å²) in [5, 5.41) is 19.6. The van der Waals surface area contributed by atoms with Crippen molar-refractivity contribution in [3.05, 3.63) is 30.1 Å². The van der Waals surface area contributed by atoms with E-state index in [4.69, 9.17) is 10.3 Å². The second-order valence-corrected chi connectivity index (χ2v) is 2.76. The third-order valence-electron chi connectivity index (χ3n) is 1.71. The Balaban J connectivity index is 0.00000196. The highest BCUT2D eigenvalue weighted by atomic mass is 79.9. The Labute approximate surface area is 97.4 Å². The van der Waals surface area contributed by atoms with Crippen LogP contribution in [0.1, 0.15) is 12.0 Å². The van der Waals surface area contributed by atoms with Crippen LogP contribution in [-0.4, -0.2) is 22.5 Å². The maximum Gasteiger partial charge on any atom is 0.309 e. The lowest BCUT2D eigenvalue weighted by molar-refractivity contribution is -0.696. The van der Waals surface area contributed by atoms with Crippen molar-refractivity contribution in [3.63, 3.8) is 0 Å². The van der Waals surface area contributed by atoms with Gasteiger partial charge in [-0.25, -0.2) is 4.57 Å². The van der Waals surface area contributed by atoms with Gasteiger partial charge in [0.15, 0.2) is 18.9 Å². The normalized spacial score (nSPS) is 9.87. The molecule has 1 rings (SSSR count). The minimum absolute atomic E-state index is 0. The van der Waals surface area contributed by atoms with Gasteiger partial charge >= 0.3 is 5.97 Å². The molecule has 1 aromatic heterocycles. The molecule has 2 N–H and O–H groups in total. The molecule has 0 aliphatic rings. The maximum atomic E-state index is 10.3. The van der Waals surface area contributed by atoms with Crippen LogP contribution in [0.3, 0.4) is 0 Å². The first-order valence-electron chi connectivity index (χ1n) is 4.10. The third kappa shape index (κ3) is 5.11. The van der Waals surface area contributed by atoms with Crippen molar-refractivity contribution in [1.29, 1.82) is 0 Å². The first kappa shape index (κ1) is 13.6. The molecule has 0 amide bonds. The zero-order valence-electron chi connectivity index (χ0n) is 7.88. The number of carboxylic acid groups (broad SMARTS) is 1. The Morgan fingerprint density at radius 2 is 2.07 bits per heavy atom. The van der Waals surface area contributed by atoms with Gasteiger partial charge in [-0.3, -0.25) is 4.79 Å². The quantitative estimate of drug-likeness (QED) is 0.271. The highest BCUT2D eigenvalue weighted by Gasteiger charge is 2.03. The molecule has 0 aliphatic carbocycles. The van der Waals surface area contributed by atoms with Gasteiger partial charge < -0.3 is 27.3 Å². The molecule has 1 aromatic rings. The van der Waals surface area contributed by atoms with Crippen LogP contribution in [0.25, 0.3) is 0 Å². The van der Waals surface area contributed by atoms with Gasteiger partial charge in [-0.1, -0.05) is 5.16 Å². The summed E-state index contributed by atoms with van der Waals surface area (Å²) >= 11 is 0.